The van der Waals surface area contributed by atoms with E-state index in [1.165, 1.54) is 35.2 Å². The monoisotopic (exact) mass is 894 g/mol. The highest BCUT2D eigenvalue weighted by atomic mass is 31.2. The molecule has 5 aliphatic rings. The van der Waals surface area contributed by atoms with E-state index >= 15 is 0 Å². The first-order valence-electron chi connectivity index (χ1n) is 25.6. The van der Waals surface area contributed by atoms with Gasteiger partial charge in [-0.2, -0.15) is 0 Å². The van der Waals surface area contributed by atoms with Crippen LogP contribution in [0.3, 0.4) is 0 Å². The summed E-state index contributed by atoms with van der Waals surface area (Å²) in [5.41, 5.74) is 0.907. The molecular formula is C60H78O4P+. The van der Waals surface area contributed by atoms with Gasteiger partial charge in [0, 0.05) is 12.3 Å². The average molecular weight is 894 g/mol. The maximum Gasteiger partial charge on any atom is 0.312 e. The Morgan fingerprint density at radius 3 is 1.78 bits per heavy atom. The number of fused-ring (bicyclic) bond motifs is 7. The van der Waals surface area contributed by atoms with Crippen LogP contribution in [0.5, 0.6) is 0 Å². The standard InChI is InChI=1S/C60H78O4P/c1-42(2)49-33-36-60(55(62)63-41-44-22-13-9-14-23-44)38-37-58(7)50(53(49)60)31-32-52-57(6)40-45(54(64-43(3)61)56(4,5)51(57)34-35-59(52,58)8)24-21-39-65(46-25-15-10-16-26-46,47-27-17-11-18-28-47)48-29-19-12-20-30-48/h9-20,22-23,25-30,42,45,49-54H,21,24,31-41H2,1-8H3/q+1/t45-,49?,50?,51?,52?,53?,54-,57-,58+,59+,60-/m0/s1. The number of rotatable bonds is 12. The van der Waals surface area contributed by atoms with E-state index in [1.807, 2.05) is 18.2 Å². The van der Waals surface area contributed by atoms with E-state index in [1.54, 1.807) is 6.92 Å². The number of esters is 2. The summed E-state index contributed by atoms with van der Waals surface area (Å²) in [4.78, 5) is 27.8. The fourth-order valence-electron chi connectivity index (χ4n) is 17.1. The van der Waals surface area contributed by atoms with Crippen molar-refractivity contribution in [1.29, 1.82) is 0 Å². The van der Waals surface area contributed by atoms with Crippen LogP contribution in [0.15, 0.2) is 121 Å². The molecule has 5 aliphatic carbocycles. The summed E-state index contributed by atoms with van der Waals surface area (Å²) < 4.78 is 13.0. The Balaban J connectivity index is 1.03. The third-order valence-electron chi connectivity index (χ3n) is 19.9. The fourth-order valence-corrected chi connectivity index (χ4v) is 21.5. The summed E-state index contributed by atoms with van der Waals surface area (Å²) in [6, 6.07) is 44.2. The van der Waals surface area contributed by atoms with Crippen LogP contribution < -0.4 is 15.9 Å². The lowest BCUT2D eigenvalue weighted by molar-refractivity contribution is -0.261. The summed E-state index contributed by atoms with van der Waals surface area (Å²) in [6.45, 7) is 19.8. The van der Waals surface area contributed by atoms with Gasteiger partial charge in [0.2, 0.25) is 0 Å². The second-order valence-corrected chi connectivity index (χ2v) is 27.0. The van der Waals surface area contributed by atoms with Gasteiger partial charge in [-0.3, -0.25) is 9.59 Å². The topological polar surface area (TPSA) is 52.6 Å². The second kappa shape index (κ2) is 17.7. The van der Waals surface area contributed by atoms with Crippen LogP contribution in [-0.2, 0) is 25.7 Å². The third-order valence-corrected chi connectivity index (χ3v) is 24.5. The Morgan fingerprint density at radius 2 is 1.23 bits per heavy atom. The zero-order valence-electron chi connectivity index (χ0n) is 40.9. The number of hydrogen-bond donors (Lipinski definition) is 0. The lowest BCUT2D eigenvalue weighted by Gasteiger charge is -2.73. The summed E-state index contributed by atoms with van der Waals surface area (Å²) >= 11 is 0. The average Bonchev–Trinajstić information content (AvgIpc) is 3.71. The van der Waals surface area contributed by atoms with Crippen molar-refractivity contribution in [1.82, 2.24) is 0 Å². The summed E-state index contributed by atoms with van der Waals surface area (Å²) in [6.07, 6.45) is 13.1. The molecule has 0 amide bonds. The smallest absolute Gasteiger partial charge is 0.312 e. The number of ether oxygens (including phenoxy) is 2. The molecule has 9 rings (SSSR count). The highest BCUT2D eigenvalue weighted by Crippen LogP contribution is 2.78. The van der Waals surface area contributed by atoms with Crippen molar-refractivity contribution in [3.63, 3.8) is 0 Å². The van der Waals surface area contributed by atoms with Crippen LogP contribution >= 0.6 is 7.26 Å². The van der Waals surface area contributed by atoms with Gasteiger partial charge in [-0.05, 0) is 170 Å². The van der Waals surface area contributed by atoms with Crippen molar-refractivity contribution < 1.29 is 19.1 Å². The zero-order valence-corrected chi connectivity index (χ0v) is 41.8. The molecule has 4 aromatic carbocycles. The maximum absolute atomic E-state index is 14.7. The highest BCUT2D eigenvalue weighted by molar-refractivity contribution is 7.95. The van der Waals surface area contributed by atoms with Crippen molar-refractivity contribution in [3.05, 3.63) is 127 Å². The lowest BCUT2D eigenvalue weighted by atomic mass is 9.31. The fraction of sp³-hybridized carbons (Fsp3) is 0.567. The van der Waals surface area contributed by atoms with E-state index in [4.69, 9.17) is 9.47 Å². The van der Waals surface area contributed by atoms with Crippen LogP contribution in [0.25, 0.3) is 0 Å². The molecule has 0 aliphatic heterocycles. The summed E-state index contributed by atoms with van der Waals surface area (Å²) in [5, 5.41) is 4.29. The highest BCUT2D eigenvalue weighted by Gasteiger charge is 2.73. The van der Waals surface area contributed by atoms with E-state index in [2.05, 4.69) is 152 Å². The third kappa shape index (κ3) is 7.58. The first-order chi connectivity index (χ1) is 31.1. The molecule has 5 heteroatoms. The Bertz CT molecular complexity index is 2180. The molecule has 0 N–H and O–H groups in total. The Hall–Kier alpha value is -3.75. The largest absolute Gasteiger partial charge is 0.462 e. The van der Waals surface area contributed by atoms with Gasteiger partial charge in [0.15, 0.2) is 0 Å². The van der Waals surface area contributed by atoms with E-state index < -0.39 is 7.26 Å². The minimum absolute atomic E-state index is 0.0751. The van der Waals surface area contributed by atoms with Crippen LogP contribution in [-0.4, -0.2) is 24.2 Å². The molecule has 0 spiro atoms. The van der Waals surface area contributed by atoms with Crippen molar-refractivity contribution in [2.75, 3.05) is 6.16 Å². The number of carbonyl (C=O) groups excluding carboxylic acids is 2. The van der Waals surface area contributed by atoms with Crippen LogP contribution in [0.4, 0.5) is 0 Å². The van der Waals surface area contributed by atoms with Gasteiger partial charge in [0.1, 0.15) is 35.9 Å². The van der Waals surface area contributed by atoms with Crippen LogP contribution in [0.1, 0.15) is 132 Å². The maximum atomic E-state index is 14.7. The predicted octanol–water partition coefficient (Wildman–Crippen LogP) is 13.4. The van der Waals surface area contributed by atoms with Crippen molar-refractivity contribution in [2.24, 2.45) is 68.5 Å². The Morgan fingerprint density at radius 1 is 0.662 bits per heavy atom. The second-order valence-electron chi connectivity index (χ2n) is 23.4. The molecule has 0 radical (unpaired) electrons. The van der Waals surface area contributed by atoms with Gasteiger partial charge in [-0.25, -0.2) is 0 Å². The molecule has 0 heterocycles. The summed E-state index contributed by atoms with van der Waals surface area (Å²) in [7, 11) is -2.00. The van der Waals surface area contributed by atoms with Gasteiger partial charge in [0.05, 0.1) is 11.6 Å². The van der Waals surface area contributed by atoms with E-state index in [0.29, 0.717) is 42.1 Å². The SMILES string of the molecule is CC(=O)O[C@H]1[C@@H](CCC[P+](c2ccccc2)(c2ccccc2)c2ccccc2)C[C@@]2(C)C(CC[C@]3(C)C2CCC2C4C(C(C)C)CC[C@]4(C(=O)OCc4ccccc4)CC[C@]23C)C1(C)C. The molecule has 0 bridgehead atoms. The van der Waals surface area contributed by atoms with Crippen molar-refractivity contribution in [2.45, 2.75) is 139 Å². The van der Waals surface area contributed by atoms with E-state index in [9.17, 15) is 9.59 Å². The Labute approximate surface area is 392 Å². The normalized spacial score (nSPS) is 34.9. The van der Waals surface area contributed by atoms with Gasteiger partial charge >= 0.3 is 11.9 Å². The molecule has 4 nitrogen and oxygen atoms in total. The van der Waals surface area contributed by atoms with Crippen LogP contribution in [0, 0.1) is 68.5 Å². The van der Waals surface area contributed by atoms with Crippen molar-refractivity contribution in [3.8, 4) is 0 Å². The van der Waals surface area contributed by atoms with Gasteiger partial charge in [-0.15, -0.1) is 0 Å². The van der Waals surface area contributed by atoms with E-state index in [-0.39, 0.29) is 51.0 Å². The first-order valence-corrected chi connectivity index (χ1v) is 27.5. The minimum atomic E-state index is -2.00. The van der Waals surface area contributed by atoms with Gasteiger partial charge in [0.25, 0.3) is 0 Å². The van der Waals surface area contributed by atoms with Gasteiger partial charge < -0.3 is 9.47 Å². The first kappa shape index (κ1) is 46.4. The molecule has 0 aromatic heterocycles. The molecule has 5 unspecified atom stereocenters. The number of hydrogen-bond acceptors (Lipinski definition) is 4. The quantitative estimate of drug-likeness (QED) is 0.105. The molecular weight excluding hydrogens is 816 g/mol. The predicted molar refractivity (Wildman–Crippen MR) is 269 cm³/mol. The molecule has 346 valence electrons. The zero-order chi connectivity index (χ0) is 45.8. The molecule has 11 atom stereocenters. The molecule has 65 heavy (non-hydrogen) atoms. The minimum Gasteiger partial charge on any atom is -0.462 e. The molecule has 4 aromatic rings. The molecule has 5 fully saturated rings. The number of benzene rings is 4. The van der Waals surface area contributed by atoms with Crippen LogP contribution in [0.2, 0.25) is 0 Å². The van der Waals surface area contributed by atoms with Gasteiger partial charge in [-0.1, -0.05) is 133 Å². The number of carbonyl (C=O) groups is 2. The van der Waals surface area contributed by atoms with E-state index in [0.717, 1.165) is 63.1 Å². The Kier molecular flexibility index (Phi) is 12.6. The molecule has 5 saturated carbocycles. The summed E-state index contributed by atoms with van der Waals surface area (Å²) in [5.74, 6) is 3.17. The molecule has 0 saturated heterocycles. The van der Waals surface area contributed by atoms with Crippen molar-refractivity contribution >= 4 is 35.1 Å². The lowest BCUT2D eigenvalue weighted by Crippen LogP contribution is -2.68.